The summed E-state index contributed by atoms with van der Waals surface area (Å²) in [5, 5.41) is 0. The number of nitrogens with zero attached hydrogens (tertiary/aromatic N) is 2. The normalized spacial score (nSPS) is 16.8. The molecule has 1 aliphatic heterocycles. The van der Waals surface area contributed by atoms with E-state index in [1.165, 1.54) is 0 Å². The summed E-state index contributed by atoms with van der Waals surface area (Å²) in [6.07, 6.45) is 2.04. The van der Waals surface area contributed by atoms with Gasteiger partial charge in [0.2, 0.25) is 0 Å². The van der Waals surface area contributed by atoms with Gasteiger partial charge in [-0.25, -0.2) is 4.79 Å². The number of rotatable bonds is 3. The third-order valence-electron chi connectivity index (χ3n) is 4.73. The number of aryl methyl sites for hydroxylation is 1. The highest BCUT2D eigenvalue weighted by atomic mass is 16.5. The van der Waals surface area contributed by atoms with Gasteiger partial charge in [-0.05, 0) is 45.4 Å². The summed E-state index contributed by atoms with van der Waals surface area (Å²) in [5.41, 5.74) is 3.39. The van der Waals surface area contributed by atoms with Gasteiger partial charge in [-0.3, -0.25) is 4.79 Å². The van der Waals surface area contributed by atoms with Crippen molar-refractivity contribution < 1.29 is 14.3 Å². The number of amides is 1. The van der Waals surface area contributed by atoms with E-state index >= 15 is 0 Å². The van der Waals surface area contributed by atoms with Gasteiger partial charge >= 0.3 is 5.97 Å². The van der Waals surface area contributed by atoms with Gasteiger partial charge in [0, 0.05) is 30.7 Å². The highest BCUT2D eigenvalue weighted by molar-refractivity contribution is 6.00. The maximum absolute atomic E-state index is 13.0. The van der Waals surface area contributed by atoms with Gasteiger partial charge in [-0.15, -0.1) is 0 Å². The van der Waals surface area contributed by atoms with Crippen LogP contribution >= 0.6 is 0 Å². The highest BCUT2D eigenvalue weighted by Gasteiger charge is 2.31. The summed E-state index contributed by atoms with van der Waals surface area (Å²) in [5.74, 6) is -0.463. The van der Waals surface area contributed by atoms with Crippen molar-refractivity contribution in [2.75, 3.05) is 13.2 Å². The van der Waals surface area contributed by atoms with Crippen molar-refractivity contribution in [3.8, 4) is 0 Å². The lowest BCUT2D eigenvalue weighted by molar-refractivity contribution is 0.0525. The zero-order valence-corrected chi connectivity index (χ0v) is 14.5. The number of hydrogen-bond acceptors (Lipinski definition) is 3. The maximum atomic E-state index is 13.0. The Morgan fingerprint density at radius 2 is 2.08 bits per heavy atom. The molecule has 2 aromatic heterocycles. The second kappa shape index (κ2) is 6.19. The van der Waals surface area contributed by atoms with Crippen LogP contribution in [0.5, 0.6) is 0 Å². The molecule has 1 amide bonds. The average molecular weight is 329 g/mol. The first-order chi connectivity index (χ1) is 11.5. The predicted octanol–water partition coefficient (Wildman–Crippen LogP) is 2.83. The molecule has 1 aliphatic rings. The van der Waals surface area contributed by atoms with Crippen LogP contribution in [-0.2, 0) is 11.3 Å². The number of carbonyl (C=O) groups is 2. The van der Waals surface area contributed by atoms with Crippen molar-refractivity contribution in [3.05, 3.63) is 46.5 Å². The highest BCUT2D eigenvalue weighted by Crippen LogP contribution is 2.28. The Kier molecular flexibility index (Phi) is 4.22. The van der Waals surface area contributed by atoms with Crippen LogP contribution < -0.4 is 0 Å². The summed E-state index contributed by atoms with van der Waals surface area (Å²) < 4.78 is 7.27. The summed E-state index contributed by atoms with van der Waals surface area (Å²) in [7, 11) is 0. The van der Waals surface area contributed by atoms with Crippen molar-refractivity contribution in [2.24, 2.45) is 0 Å². The van der Waals surface area contributed by atoms with Crippen LogP contribution in [0, 0.1) is 13.8 Å². The summed E-state index contributed by atoms with van der Waals surface area (Å²) >= 11 is 0. The number of nitrogens with one attached hydrogen (secondary N) is 1. The molecule has 3 heterocycles. The van der Waals surface area contributed by atoms with Crippen LogP contribution in [-0.4, -0.2) is 39.5 Å². The molecule has 0 aliphatic carbocycles. The van der Waals surface area contributed by atoms with E-state index < -0.39 is 0 Å². The molecule has 0 bridgehead atoms. The molecular weight excluding hydrogens is 306 g/mol. The minimum Gasteiger partial charge on any atom is -0.462 e. The monoisotopic (exact) mass is 329 g/mol. The number of H-pyrrole nitrogens is 1. The van der Waals surface area contributed by atoms with Gasteiger partial charge in [0.1, 0.15) is 5.69 Å². The van der Waals surface area contributed by atoms with E-state index in [4.69, 9.17) is 4.74 Å². The van der Waals surface area contributed by atoms with Gasteiger partial charge in [-0.1, -0.05) is 0 Å². The molecule has 0 saturated carbocycles. The second-order valence-corrected chi connectivity index (χ2v) is 6.15. The van der Waals surface area contributed by atoms with Crippen molar-refractivity contribution in [1.29, 1.82) is 0 Å². The van der Waals surface area contributed by atoms with Crippen molar-refractivity contribution in [3.63, 3.8) is 0 Å². The first-order valence-electron chi connectivity index (χ1n) is 8.28. The van der Waals surface area contributed by atoms with Crippen LogP contribution in [0.1, 0.15) is 57.7 Å². The zero-order valence-electron chi connectivity index (χ0n) is 14.5. The smallest absolute Gasteiger partial charge is 0.340 e. The van der Waals surface area contributed by atoms with Crippen molar-refractivity contribution >= 4 is 11.9 Å². The molecule has 0 aromatic carbocycles. The number of fused-ring (bicyclic) bond motifs is 1. The molecule has 6 nitrogen and oxygen atoms in total. The third kappa shape index (κ3) is 2.52. The molecule has 0 saturated heterocycles. The SMILES string of the molecule is CCOC(=O)c1c(C)[nH]c(C(=O)N2CCn3cccc3C2C)c1C. The molecule has 128 valence electrons. The number of esters is 1. The van der Waals surface area contributed by atoms with E-state index in [1.807, 2.05) is 30.2 Å². The number of carbonyl (C=O) groups excluding carboxylic acids is 2. The Morgan fingerprint density at radius 1 is 1.33 bits per heavy atom. The largest absolute Gasteiger partial charge is 0.462 e. The molecule has 1 unspecified atom stereocenters. The molecule has 1 N–H and O–H groups in total. The molecule has 6 heteroatoms. The third-order valence-corrected chi connectivity index (χ3v) is 4.73. The number of ether oxygens (including phenoxy) is 1. The lowest BCUT2D eigenvalue weighted by atomic mass is 10.1. The molecule has 3 rings (SSSR count). The molecule has 1 atom stereocenters. The van der Waals surface area contributed by atoms with E-state index in [-0.39, 0.29) is 17.9 Å². The maximum Gasteiger partial charge on any atom is 0.340 e. The molecule has 24 heavy (non-hydrogen) atoms. The summed E-state index contributed by atoms with van der Waals surface area (Å²) in [6.45, 7) is 9.12. The number of aromatic amines is 1. The molecular formula is C18H23N3O3. The Labute approximate surface area is 141 Å². The first kappa shape index (κ1) is 16.4. The van der Waals surface area contributed by atoms with Crippen LogP contribution in [0.2, 0.25) is 0 Å². The Bertz CT molecular complexity index is 788. The van der Waals surface area contributed by atoms with E-state index in [9.17, 15) is 9.59 Å². The predicted molar refractivity (Wildman–Crippen MR) is 90.1 cm³/mol. The van der Waals surface area contributed by atoms with E-state index in [1.54, 1.807) is 20.8 Å². The van der Waals surface area contributed by atoms with Crippen LogP contribution in [0.25, 0.3) is 0 Å². The Balaban J connectivity index is 1.91. The topological polar surface area (TPSA) is 67.3 Å². The van der Waals surface area contributed by atoms with Gasteiger partial charge in [-0.2, -0.15) is 0 Å². The van der Waals surface area contributed by atoms with E-state index in [2.05, 4.69) is 9.55 Å². The van der Waals surface area contributed by atoms with Gasteiger partial charge in [0.25, 0.3) is 5.91 Å². The van der Waals surface area contributed by atoms with Crippen molar-refractivity contribution in [2.45, 2.75) is 40.3 Å². The fourth-order valence-corrected chi connectivity index (χ4v) is 3.47. The van der Waals surface area contributed by atoms with Crippen molar-refractivity contribution in [1.82, 2.24) is 14.5 Å². The van der Waals surface area contributed by atoms with Gasteiger partial charge in [0.05, 0.1) is 18.2 Å². The lowest BCUT2D eigenvalue weighted by Crippen LogP contribution is -2.41. The Morgan fingerprint density at radius 3 is 2.79 bits per heavy atom. The van der Waals surface area contributed by atoms with Gasteiger partial charge < -0.3 is 19.2 Å². The standard InChI is InChI=1S/C18H23N3O3/c1-5-24-18(23)15-11(2)16(19-12(15)3)17(22)21-10-9-20-8-6-7-14(20)13(21)4/h6-8,13,19H,5,9-10H2,1-4H3. The summed E-state index contributed by atoms with van der Waals surface area (Å²) in [4.78, 5) is 30.1. The number of aromatic nitrogens is 2. The molecule has 2 aromatic rings. The Hall–Kier alpha value is -2.50. The fraction of sp³-hybridized carbons (Fsp3) is 0.444. The van der Waals surface area contributed by atoms with Crippen LogP contribution in [0.15, 0.2) is 18.3 Å². The fourth-order valence-electron chi connectivity index (χ4n) is 3.47. The van der Waals surface area contributed by atoms with Gasteiger partial charge in [0.15, 0.2) is 0 Å². The lowest BCUT2D eigenvalue weighted by Gasteiger charge is -2.34. The average Bonchev–Trinajstić information content (AvgIpc) is 3.12. The zero-order chi connectivity index (χ0) is 17.4. The number of hydrogen-bond donors (Lipinski definition) is 1. The first-order valence-corrected chi connectivity index (χ1v) is 8.28. The minimum absolute atomic E-state index is 0.00435. The van der Waals surface area contributed by atoms with E-state index in [0.717, 1.165) is 12.2 Å². The van der Waals surface area contributed by atoms with E-state index in [0.29, 0.717) is 35.7 Å². The minimum atomic E-state index is -0.386. The van der Waals surface area contributed by atoms with Crippen LogP contribution in [0.4, 0.5) is 0 Å². The molecule has 0 spiro atoms. The quantitative estimate of drug-likeness (QED) is 0.881. The van der Waals surface area contributed by atoms with Crippen LogP contribution in [0.3, 0.4) is 0 Å². The molecule has 0 fully saturated rings. The summed E-state index contributed by atoms with van der Waals surface area (Å²) in [6, 6.07) is 4.04. The molecule has 0 radical (unpaired) electrons. The second-order valence-electron chi connectivity index (χ2n) is 6.15.